The first kappa shape index (κ1) is 17.6. The summed E-state index contributed by atoms with van der Waals surface area (Å²) in [6.07, 6.45) is -0.943. The average Bonchev–Trinajstić information content (AvgIpc) is 2.74. The Kier molecular flexibility index (Phi) is 6.05. The SMILES string of the molecule is CCOC(=O)c1sc(NC(C)=O)c(C(=O)NC(=O)OC)c1C. The first-order valence-electron chi connectivity index (χ1n) is 6.29. The Morgan fingerprint density at radius 2 is 1.86 bits per heavy atom. The number of thiophene rings is 1. The molecule has 9 heteroatoms. The molecule has 0 fully saturated rings. The predicted molar refractivity (Wildman–Crippen MR) is 79.2 cm³/mol. The molecule has 0 saturated heterocycles. The minimum absolute atomic E-state index is 0.0219. The van der Waals surface area contributed by atoms with Gasteiger partial charge in [-0.05, 0) is 19.4 Å². The normalized spacial score (nSPS) is 9.82. The molecule has 120 valence electrons. The monoisotopic (exact) mass is 328 g/mol. The molecule has 22 heavy (non-hydrogen) atoms. The van der Waals surface area contributed by atoms with Crippen molar-refractivity contribution in [3.8, 4) is 0 Å². The zero-order valence-electron chi connectivity index (χ0n) is 12.6. The zero-order valence-corrected chi connectivity index (χ0v) is 13.4. The van der Waals surface area contributed by atoms with Gasteiger partial charge in [0.15, 0.2) is 0 Å². The Balaban J connectivity index is 3.27. The molecule has 1 heterocycles. The molecule has 1 rings (SSSR count). The fourth-order valence-electron chi connectivity index (χ4n) is 1.63. The van der Waals surface area contributed by atoms with Gasteiger partial charge < -0.3 is 14.8 Å². The third-order valence-corrected chi connectivity index (χ3v) is 3.71. The zero-order chi connectivity index (χ0) is 16.9. The molecule has 0 aliphatic rings. The van der Waals surface area contributed by atoms with E-state index in [-0.39, 0.29) is 22.0 Å². The van der Waals surface area contributed by atoms with Crippen molar-refractivity contribution in [2.45, 2.75) is 20.8 Å². The highest BCUT2D eigenvalue weighted by molar-refractivity contribution is 7.18. The van der Waals surface area contributed by atoms with E-state index in [2.05, 4.69) is 10.1 Å². The molecule has 0 aliphatic heterocycles. The van der Waals surface area contributed by atoms with Crippen LogP contribution < -0.4 is 10.6 Å². The van der Waals surface area contributed by atoms with Gasteiger partial charge in [0, 0.05) is 6.92 Å². The van der Waals surface area contributed by atoms with Crippen LogP contribution in [0.3, 0.4) is 0 Å². The molecule has 0 bridgehead atoms. The molecule has 8 nitrogen and oxygen atoms in total. The van der Waals surface area contributed by atoms with Crippen LogP contribution >= 0.6 is 11.3 Å². The molecule has 0 unspecified atom stereocenters. The van der Waals surface area contributed by atoms with E-state index in [1.165, 1.54) is 13.8 Å². The Morgan fingerprint density at radius 3 is 2.36 bits per heavy atom. The summed E-state index contributed by atoms with van der Waals surface area (Å²) in [6.45, 7) is 4.62. The van der Waals surface area contributed by atoms with Gasteiger partial charge in [0.2, 0.25) is 5.91 Å². The number of hydrogen-bond acceptors (Lipinski definition) is 7. The standard InChI is InChI=1S/C13H16N2O6S/c1-5-21-12(18)9-6(2)8(10(17)15-13(19)20-4)11(22-9)14-7(3)16/h5H2,1-4H3,(H,14,16)(H,15,17,19). The molecule has 2 N–H and O–H groups in total. The van der Waals surface area contributed by atoms with Crippen molar-refractivity contribution in [3.63, 3.8) is 0 Å². The van der Waals surface area contributed by atoms with Crippen LogP contribution in [0.25, 0.3) is 0 Å². The second kappa shape index (κ2) is 7.55. The Morgan fingerprint density at radius 1 is 1.23 bits per heavy atom. The highest BCUT2D eigenvalue weighted by atomic mass is 32.1. The van der Waals surface area contributed by atoms with Gasteiger partial charge in [-0.2, -0.15) is 0 Å². The van der Waals surface area contributed by atoms with Gasteiger partial charge in [-0.3, -0.25) is 14.9 Å². The number of anilines is 1. The minimum Gasteiger partial charge on any atom is -0.462 e. The summed E-state index contributed by atoms with van der Waals surface area (Å²) >= 11 is 0.906. The summed E-state index contributed by atoms with van der Waals surface area (Å²) in [7, 11) is 1.11. The van der Waals surface area contributed by atoms with Gasteiger partial charge in [-0.1, -0.05) is 0 Å². The van der Waals surface area contributed by atoms with Gasteiger partial charge in [-0.15, -0.1) is 11.3 Å². The number of carbonyl (C=O) groups excluding carboxylic acids is 4. The van der Waals surface area contributed by atoms with Crippen LogP contribution in [0.1, 0.15) is 39.4 Å². The van der Waals surface area contributed by atoms with E-state index in [0.29, 0.717) is 5.56 Å². The lowest BCUT2D eigenvalue weighted by Gasteiger charge is -2.06. The smallest absolute Gasteiger partial charge is 0.413 e. The van der Waals surface area contributed by atoms with Crippen molar-refractivity contribution >= 4 is 40.2 Å². The lowest BCUT2D eigenvalue weighted by Crippen LogP contribution is -2.31. The number of hydrogen-bond donors (Lipinski definition) is 2. The maximum atomic E-state index is 12.1. The van der Waals surface area contributed by atoms with Crippen LogP contribution in [0.15, 0.2) is 0 Å². The van der Waals surface area contributed by atoms with E-state index in [4.69, 9.17) is 4.74 Å². The molecule has 0 atom stereocenters. The number of ether oxygens (including phenoxy) is 2. The number of methoxy groups -OCH3 is 1. The lowest BCUT2D eigenvalue weighted by molar-refractivity contribution is -0.114. The Hall–Kier alpha value is -2.42. The summed E-state index contributed by atoms with van der Waals surface area (Å²) in [6, 6.07) is 0. The van der Waals surface area contributed by atoms with E-state index in [9.17, 15) is 19.2 Å². The van der Waals surface area contributed by atoms with Crippen LogP contribution in [0.4, 0.5) is 9.80 Å². The van der Waals surface area contributed by atoms with E-state index in [0.717, 1.165) is 18.4 Å². The summed E-state index contributed by atoms with van der Waals surface area (Å²) in [4.78, 5) is 46.6. The third-order valence-electron chi connectivity index (χ3n) is 2.53. The largest absolute Gasteiger partial charge is 0.462 e. The minimum atomic E-state index is -0.943. The van der Waals surface area contributed by atoms with Gasteiger partial charge in [0.05, 0.1) is 19.3 Å². The second-order valence-corrected chi connectivity index (χ2v) is 5.13. The van der Waals surface area contributed by atoms with E-state index >= 15 is 0 Å². The molecule has 0 radical (unpaired) electrons. The molecule has 0 saturated carbocycles. The van der Waals surface area contributed by atoms with Crippen LogP contribution in [0.5, 0.6) is 0 Å². The first-order valence-corrected chi connectivity index (χ1v) is 7.10. The summed E-state index contributed by atoms with van der Waals surface area (Å²) < 4.78 is 9.25. The third kappa shape index (κ3) is 4.04. The molecule has 3 amide bonds. The summed E-state index contributed by atoms with van der Waals surface area (Å²) in [5, 5.41) is 4.61. The Labute approximate surface area is 130 Å². The van der Waals surface area contributed by atoms with Crippen LogP contribution in [-0.4, -0.2) is 37.6 Å². The Bertz CT molecular complexity index is 622. The molecule has 0 aromatic carbocycles. The summed E-state index contributed by atoms with van der Waals surface area (Å²) in [5.74, 6) is -1.79. The van der Waals surface area contributed by atoms with Crippen LogP contribution in [-0.2, 0) is 14.3 Å². The van der Waals surface area contributed by atoms with Crippen molar-refractivity contribution in [2.24, 2.45) is 0 Å². The number of imide groups is 1. The highest BCUT2D eigenvalue weighted by Gasteiger charge is 2.27. The van der Waals surface area contributed by atoms with Crippen molar-refractivity contribution in [1.29, 1.82) is 0 Å². The first-order chi connectivity index (χ1) is 10.3. The maximum absolute atomic E-state index is 12.1. The van der Waals surface area contributed by atoms with Crippen LogP contribution in [0.2, 0.25) is 0 Å². The van der Waals surface area contributed by atoms with Gasteiger partial charge in [0.1, 0.15) is 9.88 Å². The van der Waals surface area contributed by atoms with Crippen molar-refractivity contribution < 1.29 is 28.7 Å². The second-order valence-electron chi connectivity index (χ2n) is 4.11. The molecular formula is C13H16N2O6S. The van der Waals surface area contributed by atoms with Gasteiger partial charge in [0.25, 0.3) is 5.91 Å². The van der Waals surface area contributed by atoms with E-state index in [1.54, 1.807) is 6.92 Å². The van der Waals surface area contributed by atoms with Gasteiger partial charge >= 0.3 is 12.1 Å². The number of alkyl carbamates (subject to hydrolysis) is 1. The van der Waals surface area contributed by atoms with E-state index < -0.39 is 23.9 Å². The van der Waals surface area contributed by atoms with Crippen molar-refractivity contribution in [2.75, 3.05) is 19.0 Å². The molecule has 1 aromatic heterocycles. The number of esters is 1. The number of amides is 3. The average molecular weight is 328 g/mol. The van der Waals surface area contributed by atoms with Crippen LogP contribution in [0, 0.1) is 6.92 Å². The number of nitrogens with one attached hydrogen (secondary N) is 2. The fourth-order valence-corrected chi connectivity index (χ4v) is 2.78. The fraction of sp³-hybridized carbons (Fsp3) is 0.385. The molecule has 0 spiro atoms. The van der Waals surface area contributed by atoms with E-state index in [1.807, 2.05) is 5.32 Å². The maximum Gasteiger partial charge on any atom is 0.413 e. The quantitative estimate of drug-likeness (QED) is 0.814. The van der Waals surface area contributed by atoms with Crippen molar-refractivity contribution in [1.82, 2.24) is 5.32 Å². The number of rotatable bonds is 4. The van der Waals surface area contributed by atoms with Crippen molar-refractivity contribution in [3.05, 3.63) is 16.0 Å². The molecular weight excluding hydrogens is 312 g/mol. The lowest BCUT2D eigenvalue weighted by atomic mass is 10.1. The molecule has 1 aromatic rings. The topological polar surface area (TPSA) is 111 Å². The summed E-state index contributed by atoms with van der Waals surface area (Å²) in [5.41, 5.74) is 0.335. The highest BCUT2D eigenvalue weighted by Crippen LogP contribution is 2.33. The molecule has 0 aliphatic carbocycles. The predicted octanol–water partition coefficient (Wildman–Crippen LogP) is 1.69. The number of carbonyl (C=O) groups is 4. The van der Waals surface area contributed by atoms with Gasteiger partial charge in [-0.25, -0.2) is 9.59 Å².